The molecule has 0 saturated carbocycles. The number of rotatable bonds is 33. The van der Waals surface area contributed by atoms with Crippen molar-refractivity contribution in [2.75, 3.05) is 51.3 Å². The molecular weight excluding hydrogens is 1230 g/mol. The van der Waals surface area contributed by atoms with E-state index >= 15 is 0 Å². The third kappa shape index (κ3) is 25.7. The van der Waals surface area contributed by atoms with E-state index in [1.165, 1.54) is 48.5 Å². The van der Waals surface area contributed by atoms with Crippen molar-refractivity contribution in [2.24, 2.45) is 0 Å². The number of aromatic nitrogens is 3. The molecule has 91 heavy (non-hydrogen) atoms. The molecule has 22 nitrogen and oxygen atoms in total. The number of anilines is 1. The zero-order valence-electron chi connectivity index (χ0n) is 52.9. The number of carboxylic acids is 1. The highest BCUT2D eigenvalue weighted by Crippen LogP contribution is 2.33. The number of benzene rings is 5. The molecule has 5 aromatic carbocycles. The lowest BCUT2D eigenvalue weighted by molar-refractivity contribution is -0.138. The standard InChI is InChI=1S/C23H35NO4S.C19H21NO4.C14H13N3O.C10H16N2O6S2/c1-4-7-8-9-10-14-20-27-23(25)22(18-15-19-24(5-2)6-3)29(26)28-21-16-12-11-13-17-21;1-4-16(24-17-9-8-12(2)10-13(17)3)18(21)20-15-7-5-6-14(11-15)19(22)23;1-9-7-10(2)14(18)13(8-9)17-15-11-5-3-4-6-12(11)16(15)17;1-3-19(15)17-7-9(13)11-5-6-12-10(14)8-18-20(16)4-2/h11-13,15-19H,4-10,14,20H2,1-3H3;5-11,16H,4H2,1-3H3,(H,20,21)(H,22,23);3-8,18H,1-2H3;3-4H,1-2,5-8H2,(H,11,13)(H,12,14)/b19-15+,22-18+;;;. The van der Waals surface area contributed by atoms with Crippen LogP contribution in [-0.2, 0) is 65.5 Å². The minimum absolute atomic E-state index is 0.00300. The zero-order chi connectivity index (χ0) is 66.8. The first-order chi connectivity index (χ1) is 43.7. The highest BCUT2D eigenvalue weighted by atomic mass is 32.2. The third-order valence-electron chi connectivity index (χ3n) is 13.1. The Balaban J connectivity index is 0.000000262. The van der Waals surface area contributed by atoms with E-state index in [4.69, 9.17) is 18.8 Å². The number of allylic oxidation sites excluding steroid dienone is 2. The van der Waals surface area contributed by atoms with Crippen LogP contribution in [0.3, 0.4) is 0 Å². The predicted octanol–water partition coefficient (Wildman–Crippen LogP) is 10.8. The molecule has 2 aromatic heterocycles. The Hall–Kier alpha value is -8.62. The normalized spacial score (nSPS) is 12.4. The minimum atomic E-state index is -1.95. The van der Waals surface area contributed by atoms with Crippen LogP contribution in [0.5, 0.6) is 17.2 Å². The number of ether oxygens (including phenoxy) is 2. The fraction of sp³-hybridized carbons (Fsp3) is 0.348. The quantitative estimate of drug-likeness (QED) is 0.0111. The maximum absolute atomic E-state index is 12.6. The topological polar surface area (TPSA) is 276 Å². The smallest absolute Gasteiger partial charge is 0.350 e. The van der Waals surface area contributed by atoms with Gasteiger partial charge in [-0.25, -0.2) is 22.2 Å². The molecule has 7 rings (SSSR count). The number of aromatic carboxylic acids is 1. The van der Waals surface area contributed by atoms with E-state index in [1.54, 1.807) is 42.5 Å². The monoisotopic (exact) mass is 1310 g/mol. The van der Waals surface area contributed by atoms with Gasteiger partial charge in [-0.05, 0) is 144 Å². The van der Waals surface area contributed by atoms with Crippen LogP contribution >= 0.6 is 0 Å². The fourth-order valence-corrected chi connectivity index (χ4v) is 9.78. The number of carbonyl (C=O) groups excluding carboxylic acids is 4. The number of hydrogen-bond donors (Lipinski definition) is 5. The molecule has 0 spiro atoms. The Bertz CT molecular complexity index is 3530. The predicted molar refractivity (Wildman–Crippen MR) is 357 cm³/mol. The number of fused-ring (bicyclic) bond motifs is 4. The number of nitrogens with one attached hydrogen (secondary N) is 3. The minimum Gasteiger partial charge on any atom is -0.505 e. The summed E-state index contributed by atoms with van der Waals surface area (Å²) in [6, 6.07) is 32.9. The first kappa shape index (κ1) is 74.8. The summed E-state index contributed by atoms with van der Waals surface area (Å²) in [7, 11) is 0. The van der Waals surface area contributed by atoms with Gasteiger partial charge in [-0.15, -0.1) is 14.1 Å². The van der Waals surface area contributed by atoms with Crippen molar-refractivity contribution in [1.82, 2.24) is 29.6 Å². The highest BCUT2D eigenvalue weighted by Gasteiger charge is 2.26. The first-order valence-corrected chi connectivity index (χ1v) is 33.0. The summed E-state index contributed by atoms with van der Waals surface area (Å²) in [6.45, 7) is 24.1. The van der Waals surface area contributed by atoms with E-state index in [-0.39, 0.29) is 42.7 Å². The van der Waals surface area contributed by atoms with Crippen molar-refractivity contribution in [1.29, 1.82) is 0 Å². The molecule has 3 amide bonds. The molecule has 0 bridgehead atoms. The van der Waals surface area contributed by atoms with Crippen molar-refractivity contribution >= 4 is 79.6 Å². The Morgan fingerprint density at radius 1 is 0.681 bits per heavy atom. The number of para-hydroxylation sites is 3. The molecule has 25 heteroatoms. The number of carbonyl (C=O) groups is 5. The molecule has 5 N–H and O–H groups in total. The fourth-order valence-electron chi connectivity index (χ4n) is 8.38. The number of esters is 1. The van der Waals surface area contributed by atoms with Gasteiger partial charge < -0.3 is 44.7 Å². The maximum atomic E-state index is 12.6. The average molecular weight is 1310 g/mol. The third-order valence-corrected chi connectivity index (χ3v) is 15.4. The van der Waals surface area contributed by atoms with Crippen LogP contribution in [-0.4, -0.2) is 124 Å². The summed E-state index contributed by atoms with van der Waals surface area (Å²) >= 11 is -5.33. The van der Waals surface area contributed by atoms with E-state index in [0.717, 1.165) is 71.1 Å². The van der Waals surface area contributed by atoms with Crippen molar-refractivity contribution in [3.05, 3.63) is 184 Å². The van der Waals surface area contributed by atoms with Gasteiger partial charge in [-0.2, -0.15) is 0 Å². The number of unbranched alkanes of at least 4 members (excludes halogenated alkanes) is 5. The van der Waals surface area contributed by atoms with Crippen LogP contribution in [0.1, 0.15) is 105 Å². The lowest BCUT2D eigenvalue weighted by Crippen LogP contribution is -2.37. The van der Waals surface area contributed by atoms with Gasteiger partial charge in [-0.1, -0.05) is 119 Å². The van der Waals surface area contributed by atoms with Crippen LogP contribution < -0.4 is 24.9 Å². The van der Waals surface area contributed by atoms with Gasteiger partial charge in [0.1, 0.15) is 47.2 Å². The van der Waals surface area contributed by atoms with Gasteiger partial charge in [0.15, 0.2) is 33.2 Å². The van der Waals surface area contributed by atoms with Crippen LogP contribution in [0.2, 0.25) is 0 Å². The number of phenols is 1. The lowest BCUT2D eigenvalue weighted by atomic mass is 10.1. The summed E-state index contributed by atoms with van der Waals surface area (Å²) < 4.78 is 64.1. The first-order valence-electron chi connectivity index (χ1n) is 29.7. The van der Waals surface area contributed by atoms with Gasteiger partial charge >= 0.3 is 11.9 Å². The van der Waals surface area contributed by atoms with Crippen LogP contribution in [0.15, 0.2) is 156 Å². The SMILES string of the molecule is C=CS(=O)OCC(=O)NCCNC(=O)COS(=O)C=C.CCC(Oc1ccc(C)cc1C)C(=O)Nc1cccc(C(=O)O)c1.CCCCCCCCOC(=O)/C(=C\C=C\N(CC)CC)S(=O)Oc1ccccc1.Cc1cc(C)c(O)c(-n2n3c4ccccc4n23)c1. The molecule has 0 fully saturated rings. The number of aromatic hydroxyl groups is 1. The largest absolute Gasteiger partial charge is 0.505 e. The summed E-state index contributed by atoms with van der Waals surface area (Å²) in [5, 5.41) is 28.9. The Labute approximate surface area is 540 Å². The Kier molecular flexibility index (Phi) is 33.1. The molecular formula is C66H85N7O15S3. The second-order valence-electron chi connectivity index (χ2n) is 20.2. The summed E-state index contributed by atoms with van der Waals surface area (Å²) in [5.41, 5.74) is 7.90. The molecule has 0 aliphatic heterocycles. The van der Waals surface area contributed by atoms with E-state index in [1.807, 2.05) is 117 Å². The molecule has 492 valence electrons. The zero-order valence-corrected chi connectivity index (χ0v) is 55.3. The van der Waals surface area contributed by atoms with E-state index in [9.17, 15) is 41.7 Å². The lowest BCUT2D eigenvalue weighted by Gasteiger charge is -2.19. The molecule has 0 saturated heterocycles. The number of phenolic OH excluding ortho intramolecular Hbond substituents is 1. The van der Waals surface area contributed by atoms with Crippen molar-refractivity contribution in [3.8, 4) is 22.9 Å². The molecule has 4 atom stereocenters. The molecule has 7 aromatic rings. The van der Waals surface area contributed by atoms with Crippen LogP contribution in [0.25, 0.3) is 16.7 Å². The molecule has 0 aliphatic carbocycles. The maximum Gasteiger partial charge on any atom is 0.350 e. The Morgan fingerprint density at radius 3 is 1.82 bits per heavy atom. The highest BCUT2D eigenvalue weighted by molar-refractivity contribution is 7.85. The molecule has 2 heterocycles. The van der Waals surface area contributed by atoms with E-state index < -0.39 is 63.1 Å². The van der Waals surface area contributed by atoms with E-state index in [2.05, 4.69) is 61.4 Å². The number of aryl methyl sites for hydroxylation is 4. The van der Waals surface area contributed by atoms with Gasteiger partial charge in [0.2, 0.25) is 22.9 Å². The number of carboxylic acid groups (broad SMARTS) is 1. The second-order valence-corrected chi connectivity index (χ2v) is 23.4. The van der Waals surface area contributed by atoms with E-state index in [0.29, 0.717) is 36.0 Å². The van der Waals surface area contributed by atoms with Crippen molar-refractivity contribution < 1.29 is 68.8 Å². The van der Waals surface area contributed by atoms with Crippen LogP contribution in [0.4, 0.5) is 5.69 Å². The van der Waals surface area contributed by atoms with Gasteiger partial charge in [0.25, 0.3) is 5.91 Å². The van der Waals surface area contributed by atoms with Crippen molar-refractivity contribution in [3.63, 3.8) is 0 Å². The second kappa shape index (κ2) is 40.2. The number of hydrogen-bond acceptors (Lipinski definition) is 15. The molecule has 4 unspecified atom stereocenters. The molecule has 0 radical (unpaired) electrons. The van der Waals surface area contributed by atoms with Gasteiger partial charge in [0, 0.05) is 42.7 Å². The van der Waals surface area contributed by atoms with Crippen LogP contribution in [0, 0.1) is 27.7 Å². The number of amides is 3. The summed E-state index contributed by atoms with van der Waals surface area (Å²) in [6.07, 6.45) is 11.6. The molecule has 0 aliphatic rings. The number of nitrogens with zero attached hydrogens (tertiary/aromatic N) is 4. The van der Waals surface area contributed by atoms with Gasteiger partial charge in [-0.3, -0.25) is 22.7 Å². The summed E-state index contributed by atoms with van der Waals surface area (Å²) in [5.74, 6) is -1.44. The summed E-state index contributed by atoms with van der Waals surface area (Å²) in [4.78, 5) is 62.3. The van der Waals surface area contributed by atoms with Gasteiger partial charge in [0.05, 0.1) is 12.2 Å². The Morgan fingerprint density at radius 2 is 1.26 bits per heavy atom. The average Bonchev–Trinajstić information content (AvgIpc) is 1.51. The van der Waals surface area contributed by atoms with Crippen molar-refractivity contribution in [2.45, 2.75) is 106 Å².